The second-order valence-corrected chi connectivity index (χ2v) is 8.16. The first-order valence-corrected chi connectivity index (χ1v) is 10.6. The van der Waals surface area contributed by atoms with Crippen LogP contribution in [0.2, 0.25) is 0 Å². The van der Waals surface area contributed by atoms with Crippen LogP contribution in [0.4, 0.5) is 27.6 Å². The van der Waals surface area contributed by atoms with Crippen molar-refractivity contribution in [2.45, 2.75) is 12.7 Å². The molecule has 0 aromatic heterocycles. The van der Waals surface area contributed by atoms with Gasteiger partial charge in [0.25, 0.3) is 0 Å². The number of alkyl halides is 3. The molecule has 1 fully saturated rings. The zero-order valence-corrected chi connectivity index (χ0v) is 18.5. The standard InChI is InChI=1S/C23H25F5N4O2/c1-30(13-16-6-7-17(24)12-19(16)25)15-22(34)32-10-8-31(9-11-32)14-21(33)29-20-5-3-2-4-18(20)23(26,27)28/h2-7,12H,8-11,13-15H2,1H3,(H,29,33). The smallest absolute Gasteiger partial charge is 0.339 e. The van der Waals surface area contributed by atoms with Gasteiger partial charge in [0.15, 0.2) is 0 Å². The van der Waals surface area contributed by atoms with Crippen LogP contribution in [0.1, 0.15) is 11.1 Å². The number of halogens is 5. The molecule has 0 saturated carbocycles. The maximum absolute atomic E-state index is 13.8. The minimum Gasteiger partial charge on any atom is -0.339 e. The van der Waals surface area contributed by atoms with Crippen LogP contribution in [0.15, 0.2) is 42.5 Å². The monoisotopic (exact) mass is 484 g/mol. The summed E-state index contributed by atoms with van der Waals surface area (Å²) in [5, 5.41) is 2.31. The highest BCUT2D eigenvalue weighted by Crippen LogP contribution is 2.34. The van der Waals surface area contributed by atoms with E-state index < -0.39 is 29.3 Å². The van der Waals surface area contributed by atoms with Crippen molar-refractivity contribution in [1.82, 2.24) is 14.7 Å². The number of hydrogen-bond donors (Lipinski definition) is 1. The van der Waals surface area contributed by atoms with Crippen LogP contribution in [0.25, 0.3) is 0 Å². The van der Waals surface area contributed by atoms with E-state index in [1.807, 2.05) is 0 Å². The number of para-hydroxylation sites is 1. The van der Waals surface area contributed by atoms with E-state index in [1.165, 1.54) is 24.3 Å². The number of rotatable bonds is 7. The lowest BCUT2D eigenvalue weighted by Gasteiger charge is -2.35. The summed E-state index contributed by atoms with van der Waals surface area (Å²) in [4.78, 5) is 29.8. The highest BCUT2D eigenvalue weighted by atomic mass is 19.4. The fourth-order valence-electron chi connectivity index (χ4n) is 3.72. The number of likely N-dealkylation sites (N-methyl/N-ethyl adjacent to an activating group) is 1. The van der Waals surface area contributed by atoms with Crippen LogP contribution < -0.4 is 5.32 Å². The average Bonchev–Trinajstić information content (AvgIpc) is 2.75. The van der Waals surface area contributed by atoms with Gasteiger partial charge in [-0.3, -0.25) is 19.4 Å². The topological polar surface area (TPSA) is 55.9 Å². The van der Waals surface area contributed by atoms with Crippen molar-refractivity contribution < 1.29 is 31.5 Å². The molecule has 0 aliphatic carbocycles. The lowest BCUT2D eigenvalue weighted by atomic mass is 10.1. The van der Waals surface area contributed by atoms with Gasteiger partial charge in [0.1, 0.15) is 11.6 Å². The van der Waals surface area contributed by atoms with E-state index in [0.717, 1.165) is 18.2 Å². The number of carbonyl (C=O) groups is 2. The molecule has 3 rings (SSSR count). The molecule has 2 amide bonds. The summed E-state index contributed by atoms with van der Waals surface area (Å²) < 4.78 is 66.1. The summed E-state index contributed by atoms with van der Waals surface area (Å²) >= 11 is 0. The van der Waals surface area contributed by atoms with Crippen LogP contribution >= 0.6 is 0 Å². The molecule has 0 atom stereocenters. The molecular weight excluding hydrogens is 459 g/mol. The summed E-state index contributed by atoms with van der Waals surface area (Å²) in [6, 6.07) is 8.06. The van der Waals surface area contributed by atoms with Crippen molar-refractivity contribution in [1.29, 1.82) is 0 Å². The molecule has 184 valence electrons. The zero-order chi connectivity index (χ0) is 24.9. The number of nitrogens with one attached hydrogen (secondary N) is 1. The van der Waals surface area contributed by atoms with Gasteiger partial charge < -0.3 is 10.2 Å². The quantitative estimate of drug-likeness (QED) is 0.614. The molecule has 0 bridgehead atoms. The van der Waals surface area contributed by atoms with Gasteiger partial charge in [-0.05, 0) is 25.2 Å². The zero-order valence-electron chi connectivity index (χ0n) is 18.5. The van der Waals surface area contributed by atoms with Crippen LogP contribution in [0, 0.1) is 11.6 Å². The minimum absolute atomic E-state index is 0.0333. The Morgan fingerprint density at radius 1 is 1.03 bits per heavy atom. The number of benzene rings is 2. The van der Waals surface area contributed by atoms with Crippen LogP contribution in [-0.4, -0.2) is 72.8 Å². The summed E-state index contributed by atoms with van der Waals surface area (Å²) in [5.41, 5.74) is -0.933. The van der Waals surface area contributed by atoms with Gasteiger partial charge in [0, 0.05) is 44.4 Å². The number of nitrogens with zero attached hydrogens (tertiary/aromatic N) is 3. The third-order valence-corrected chi connectivity index (χ3v) is 5.46. The molecule has 1 N–H and O–H groups in total. The van der Waals surface area contributed by atoms with E-state index in [2.05, 4.69) is 5.32 Å². The Bertz CT molecular complexity index is 1020. The van der Waals surface area contributed by atoms with E-state index in [4.69, 9.17) is 0 Å². The van der Waals surface area contributed by atoms with E-state index in [0.29, 0.717) is 26.2 Å². The molecule has 2 aromatic rings. The van der Waals surface area contributed by atoms with Crippen LogP contribution in [0.3, 0.4) is 0 Å². The van der Waals surface area contributed by atoms with Gasteiger partial charge in [-0.15, -0.1) is 0 Å². The number of carbonyl (C=O) groups excluding carboxylic acids is 2. The summed E-state index contributed by atoms with van der Waals surface area (Å²) in [7, 11) is 1.65. The number of piperazine rings is 1. The SMILES string of the molecule is CN(CC(=O)N1CCN(CC(=O)Nc2ccccc2C(F)(F)F)CC1)Cc1ccc(F)cc1F. The number of amides is 2. The molecule has 6 nitrogen and oxygen atoms in total. The lowest BCUT2D eigenvalue weighted by molar-refractivity contribution is -0.137. The fourth-order valence-corrected chi connectivity index (χ4v) is 3.72. The Labute approximate surface area is 193 Å². The molecule has 1 saturated heterocycles. The van der Waals surface area contributed by atoms with Crippen molar-refractivity contribution in [3.8, 4) is 0 Å². The van der Waals surface area contributed by atoms with Gasteiger partial charge >= 0.3 is 6.18 Å². The maximum atomic E-state index is 13.8. The molecule has 0 spiro atoms. The van der Waals surface area contributed by atoms with Crippen molar-refractivity contribution in [3.63, 3.8) is 0 Å². The lowest BCUT2D eigenvalue weighted by Crippen LogP contribution is -2.52. The summed E-state index contributed by atoms with van der Waals surface area (Å²) in [6.45, 7) is 1.54. The predicted octanol–water partition coefficient (Wildman–Crippen LogP) is 3.20. The van der Waals surface area contributed by atoms with E-state index in [-0.39, 0.29) is 36.8 Å². The fraction of sp³-hybridized carbons (Fsp3) is 0.391. The Kier molecular flexibility index (Phi) is 8.21. The molecular formula is C23H25F5N4O2. The van der Waals surface area contributed by atoms with Gasteiger partial charge in [0.2, 0.25) is 11.8 Å². The first-order valence-electron chi connectivity index (χ1n) is 10.6. The van der Waals surface area contributed by atoms with Gasteiger partial charge in [0.05, 0.1) is 24.3 Å². The van der Waals surface area contributed by atoms with Crippen molar-refractivity contribution in [2.24, 2.45) is 0 Å². The third-order valence-electron chi connectivity index (χ3n) is 5.46. The molecule has 1 aliphatic heterocycles. The molecule has 11 heteroatoms. The Hall–Kier alpha value is -3.05. The van der Waals surface area contributed by atoms with Gasteiger partial charge in [-0.2, -0.15) is 13.2 Å². The van der Waals surface area contributed by atoms with E-state index >= 15 is 0 Å². The molecule has 0 radical (unpaired) electrons. The molecule has 1 heterocycles. The summed E-state index contributed by atoms with van der Waals surface area (Å²) in [6.07, 6.45) is -4.58. The Morgan fingerprint density at radius 2 is 1.71 bits per heavy atom. The average molecular weight is 484 g/mol. The van der Waals surface area contributed by atoms with Crippen molar-refractivity contribution >= 4 is 17.5 Å². The molecule has 0 unspecified atom stereocenters. The summed E-state index contributed by atoms with van der Waals surface area (Å²) in [5.74, 6) is -2.09. The van der Waals surface area contributed by atoms with E-state index in [9.17, 15) is 31.5 Å². The third kappa shape index (κ3) is 6.97. The predicted molar refractivity (Wildman–Crippen MR) is 116 cm³/mol. The largest absolute Gasteiger partial charge is 0.418 e. The highest BCUT2D eigenvalue weighted by molar-refractivity contribution is 5.93. The van der Waals surface area contributed by atoms with Gasteiger partial charge in [-0.25, -0.2) is 8.78 Å². The van der Waals surface area contributed by atoms with Crippen LogP contribution in [0.5, 0.6) is 0 Å². The number of anilines is 1. The first-order chi connectivity index (χ1) is 16.0. The Balaban J connectivity index is 1.45. The highest BCUT2D eigenvalue weighted by Gasteiger charge is 2.33. The second kappa shape index (κ2) is 10.9. The molecule has 2 aromatic carbocycles. The second-order valence-electron chi connectivity index (χ2n) is 8.16. The van der Waals surface area contributed by atoms with Crippen LogP contribution in [-0.2, 0) is 22.3 Å². The minimum atomic E-state index is -4.58. The first kappa shape index (κ1) is 25.6. The molecule has 34 heavy (non-hydrogen) atoms. The number of hydrogen-bond acceptors (Lipinski definition) is 4. The van der Waals surface area contributed by atoms with Gasteiger partial charge in [-0.1, -0.05) is 18.2 Å². The van der Waals surface area contributed by atoms with E-state index in [1.54, 1.807) is 21.7 Å². The van der Waals surface area contributed by atoms with Crippen molar-refractivity contribution in [3.05, 3.63) is 65.2 Å². The maximum Gasteiger partial charge on any atom is 0.418 e. The Morgan fingerprint density at radius 3 is 2.35 bits per heavy atom. The molecule has 1 aliphatic rings. The normalized spacial score (nSPS) is 15.0. The van der Waals surface area contributed by atoms with Crippen molar-refractivity contribution in [2.75, 3.05) is 51.6 Å².